The number of hydrogen-bond acceptors (Lipinski definition) is 2. The maximum Gasteiger partial charge on any atom is 0.318 e. The van der Waals surface area contributed by atoms with Crippen molar-refractivity contribution >= 4 is 28.7 Å². The third kappa shape index (κ3) is 3.61. The fourth-order valence-electron chi connectivity index (χ4n) is 3.01. The van der Waals surface area contributed by atoms with Crippen molar-refractivity contribution in [3.63, 3.8) is 0 Å². The molecule has 2 amide bonds. The molecular formula is C17H23ClN4O. The van der Waals surface area contributed by atoms with E-state index >= 15 is 0 Å². The minimum absolute atomic E-state index is 0.0164. The zero-order valence-electron chi connectivity index (χ0n) is 13.8. The number of H-pyrrole nitrogens is 1. The molecule has 0 bridgehead atoms. The third-order valence-corrected chi connectivity index (χ3v) is 4.26. The Labute approximate surface area is 141 Å². The maximum atomic E-state index is 12.6. The van der Waals surface area contributed by atoms with Crippen molar-refractivity contribution < 1.29 is 4.79 Å². The van der Waals surface area contributed by atoms with E-state index in [0.29, 0.717) is 5.02 Å². The van der Waals surface area contributed by atoms with E-state index in [4.69, 9.17) is 11.6 Å². The second kappa shape index (κ2) is 6.04. The van der Waals surface area contributed by atoms with Gasteiger partial charge in [0.05, 0.1) is 17.1 Å². The molecule has 0 radical (unpaired) electrons. The average molecular weight is 335 g/mol. The number of halogens is 1. The topological polar surface area (TPSA) is 61.0 Å². The predicted octanol–water partition coefficient (Wildman–Crippen LogP) is 4.25. The van der Waals surface area contributed by atoms with Gasteiger partial charge in [0, 0.05) is 17.1 Å². The zero-order chi connectivity index (χ0) is 16.6. The maximum absolute atomic E-state index is 12.6. The summed E-state index contributed by atoms with van der Waals surface area (Å²) in [6.07, 6.45) is 3.05. The number of urea groups is 1. The van der Waals surface area contributed by atoms with Crippen LogP contribution in [-0.2, 0) is 0 Å². The highest BCUT2D eigenvalue weighted by atomic mass is 35.5. The summed E-state index contributed by atoms with van der Waals surface area (Å²) in [5.41, 5.74) is 1.54. The molecule has 6 heteroatoms. The molecule has 1 unspecified atom stereocenters. The van der Waals surface area contributed by atoms with E-state index in [1.165, 1.54) is 0 Å². The first-order valence-electron chi connectivity index (χ1n) is 8.07. The van der Waals surface area contributed by atoms with E-state index in [9.17, 15) is 4.79 Å². The van der Waals surface area contributed by atoms with Crippen LogP contribution in [0.5, 0.6) is 0 Å². The van der Waals surface area contributed by atoms with Crippen LogP contribution in [0.25, 0.3) is 11.0 Å². The summed E-state index contributed by atoms with van der Waals surface area (Å²) in [6.45, 7) is 6.73. The second-order valence-electron chi connectivity index (χ2n) is 7.17. The molecule has 1 aromatic carbocycles. The van der Waals surface area contributed by atoms with Crippen molar-refractivity contribution in [3.05, 3.63) is 29.0 Å². The molecule has 124 valence electrons. The van der Waals surface area contributed by atoms with Crippen molar-refractivity contribution in [1.82, 2.24) is 20.2 Å². The van der Waals surface area contributed by atoms with Crippen LogP contribution in [0.2, 0.25) is 5.02 Å². The molecule has 1 saturated heterocycles. The van der Waals surface area contributed by atoms with Gasteiger partial charge in [-0.3, -0.25) is 0 Å². The molecule has 1 aliphatic rings. The molecule has 3 rings (SSSR count). The molecule has 2 aromatic rings. The highest BCUT2D eigenvalue weighted by Crippen LogP contribution is 2.31. The normalized spacial score (nSPS) is 19.1. The van der Waals surface area contributed by atoms with Crippen LogP contribution in [0, 0.1) is 0 Å². The lowest BCUT2D eigenvalue weighted by Crippen LogP contribution is -2.51. The fourth-order valence-corrected chi connectivity index (χ4v) is 3.18. The van der Waals surface area contributed by atoms with Gasteiger partial charge in [0.1, 0.15) is 5.82 Å². The van der Waals surface area contributed by atoms with Gasteiger partial charge >= 0.3 is 6.03 Å². The number of rotatable bonds is 1. The smallest absolute Gasteiger partial charge is 0.318 e. The Kier molecular flexibility index (Phi) is 4.23. The minimum Gasteiger partial charge on any atom is -0.340 e. The van der Waals surface area contributed by atoms with Crippen LogP contribution in [0.1, 0.15) is 51.9 Å². The minimum atomic E-state index is -0.250. The van der Waals surface area contributed by atoms with Gasteiger partial charge in [0.25, 0.3) is 0 Å². The van der Waals surface area contributed by atoms with E-state index in [-0.39, 0.29) is 17.6 Å². The molecule has 2 N–H and O–H groups in total. The zero-order valence-corrected chi connectivity index (χ0v) is 14.6. The number of piperidine rings is 1. The first-order valence-corrected chi connectivity index (χ1v) is 8.45. The van der Waals surface area contributed by atoms with E-state index in [1.807, 2.05) is 43.9 Å². The molecule has 1 atom stereocenters. The summed E-state index contributed by atoms with van der Waals surface area (Å²) in [5.74, 6) is 0.839. The Morgan fingerprint density at radius 2 is 2.17 bits per heavy atom. The lowest BCUT2D eigenvalue weighted by Gasteiger charge is -2.36. The Morgan fingerprint density at radius 3 is 2.91 bits per heavy atom. The number of carbonyl (C=O) groups is 1. The number of hydrogen-bond donors (Lipinski definition) is 2. The van der Waals surface area contributed by atoms with E-state index in [2.05, 4.69) is 15.3 Å². The molecule has 0 aliphatic carbocycles. The van der Waals surface area contributed by atoms with Gasteiger partial charge in [0.15, 0.2) is 0 Å². The van der Waals surface area contributed by atoms with Crippen LogP contribution < -0.4 is 5.32 Å². The lowest BCUT2D eigenvalue weighted by atomic mass is 10.0. The molecule has 23 heavy (non-hydrogen) atoms. The molecule has 2 heterocycles. The van der Waals surface area contributed by atoms with Crippen LogP contribution >= 0.6 is 11.6 Å². The van der Waals surface area contributed by atoms with Crippen LogP contribution in [0.3, 0.4) is 0 Å². The lowest BCUT2D eigenvalue weighted by molar-refractivity contribution is 0.141. The van der Waals surface area contributed by atoms with Gasteiger partial charge in [-0.25, -0.2) is 9.78 Å². The number of amides is 2. The van der Waals surface area contributed by atoms with E-state index in [0.717, 1.165) is 42.7 Å². The van der Waals surface area contributed by atoms with Gasteiger partial charge in [-0.15, -0.1) is 0 Å². The monoisotopic (exact) mass is 334 g/mol. The van der Waals surface area contributed by atoms with Gasteiger partial charge in [-0.1, -0.05) is 11.6 Å². The first-order chi connectivity index (χ1) is 10.8. The molecule has 1 aromatic heterocycles. The molecule has 0 saturated carbocycles. The predicted molar refractivity (Wildman–Crippen MR) is 92.7 cm³/mol. The van der Waals surface area contributed by atoms with Gasteiger partial charge in [-0.2, -0.15) is 0 Å². The van der Waals surface area contributed by atoms with Crippen molar-refractivity contribution in [3.8, 4) is 0 Å². The number of imidazole rings is 1. The summed E-state index contributed by atoms with van der Waals surface area (Å²) in [6, 6.07) is 5.56. The number of aromatic amines is 1. The van der Waals surface area contributed by atoms with Crippen molar-refractivity contribution in [2.75, 3.05) is 6.54 Å². The Morgan fingerprint density at radius 1 is 1.39 bits per heavy atom. The highest BCUT2D eigenvalue weighted by Gasteiger charge is 2.31. The van der Waals surface area contributed by atoms with Gasteiger partial charge < -0.3 is 15.2 Å². The summed E-state index contributed by atoms with van der Waals surface area (Å²) in [5, 5.41) is 3.74. The largest absolute Gasteiger partial charge is 0.340 e. The van der Waals surface area contributed by atoms with Crippen LogP contribution in [0.15, 0.2) is 18.2 Å². The Bertz CT molecular complexity index is 719. The molecule has 1 fully saturated rings. The second-order valence-corrected chi connectivity index (χ2v) is 7.61. The van der Waals surface area contributed by atoms with Gasteiger partial charge in [-0.05, 0) is 58.2 Å². The number of nitrogens with zero attached hydrogens (tertiary/aromatic N) is 2. The number of likely N-dealkylation sites (tertiary alicyclic amines) is 1. The summed E-state index contributed by atoms with van der Waals surface area (Å²) in [7, 11) is 0. The van der Waals surface area contributed by atoms with Crippen molar-refractivity contribution in [2.24, 2.45) is 0 Å². The van der Waals surface area contributed by atoms with E-state index < -0.39 is 0 Å². The molecule has 0 spiro atoms. The standard InChI is InChI=1S/C17H23ClN4O/c1-17(2,3)21-16(23)22-9-5-4-6-14(22)15-19-12-8-7-11(18)10-13(12)20-15/h7-8,10,14H,4-6,9H2,1-3H3,(H,19,20)(H,21,23). The van der Waals surface area contributed by atoms with Gasteiger partial charge in [0.2, 0.25) is 0 Å². The summed E-state index contributed by atoms with van der Waals surface area (Å²) < 4.78 is 0. The first kappa shape index (κ1) is 16.1. The van der Waals surface area contributed by atoms with Crippen LogP contribution in [0.4, 0.5) is 4.79 Å². The summed E-state index contributed by atoms with van der Waals surface area (Å²) in [4.78, 5) is 22.5. The number of fused-ring (bicyclic) bond motifs is 1. The quantitative estimate of drug-likeness (QED) is 0.818. The molecule has 1 aliphatic heterocycles. The Hall–Kier alpha value is -1.75. The number of benzene rings is 1. The number of nitrogens with one attached hydrogen (secondary N) is 2. The number of carbonyl (C=O) groups excluding carboxylic acids is 1. The SMILES string of the molecule is CC(C)(C)NC(=O)N1CCCCC1c1nc2ccc(Cl)cc2[nH]1. The van der Waals surface area contributed by atoms with Crippen molar-refractivity contribution in [2.45, 2.75) is 51.6 Å². The third-order valence-electron chi connectivity index (χ3n) is 4.02. The average Bonchev–Trinajstić information content (AvgIpc) is 2.88. The number of aromatic nitrogens is 2. The fraction of sp³-hybridized carbons (Fsp3) is 0.529. The molecule has 5 nitrogen and oxygen atoms in total. The highest BCUT2D eigenvalue weighted by molar-refractivity contribution is 6.31. The van der Waals surface area contributed by atoms with Crippen LogP contribution in [-0.4, -0.2) is 33.0 Å². The van der Waals surface area contributed by atoms with Crippen molar-refractivity contribution in [1.29, 1.82) is 0 Å². The van der Waals surface area contributed by atoms with E-state index in [1.54, 1.807) is 0 Å². The summed E-state index contributed by atoms with van der Waals surface area (Å²) >= 11 is 6.04. The molecular weight excluding hydrogens is 312 g/mol. The Balaban J connectivity index is 1.89.